The summed E-state index contributed by atoms with van der Waals surface area (Å²) in [5.41, 5.74) is 1.77. The Bertz CT molecular complexity index is 934. The Morgan fingerprint density at radius 2 is 2.26 bits per heavy atom. The molecule has 0 aliphatic heterocycles. The van der Waals surface area contributed by atoms with Crippen molar-refractivity contribution in [3.63, 3.8) is 0 Å². The fraction of sp³-hybridized carbons (Fsp3) is 0.421. The average molecular weight is 369 g/mol. The van der Waals surface area contributed by atoms with Gasteiger partial charge >= 0.3 is 0 Å². The predicted molar refractivity (Wildman–Crippen MR) is 101 cm³/mol. The molecule has 8 heteroatoms. The van der Waals surface area contributed by atoms with Gasteiger partial charge in [-0.2, -0.15) is 4.98 Å². The van der Waals surface area contributed by atoms with Crippen LogP contribution in [0.25, 0.3) is 11.1 Å². The molecule has 8 nitrogen and oxygen atoms in total. The van der Waals surface area contributed by atoms with Gasteiger partial charge in [0.25, 0.3) is 11.9 Å². The third-order valence-corrected chi connectivity index (χ3v) is 4.99. The van der Waals surface area contributed by atoms with Gasteiger partial charge in [0.1, 0.15) is 5.52 Å². The Kier molecular flexibility index (Phi) is 4.57. The minimum absolute atomic E-state index is 0.216. The average Bonchev–Trinajstić information content (AvgIpc) is 3.35. The van der Waals surface area contributed by atoms with E-state index in [2.05, 4.69) is 15.3 Å². The summed E-state index contributed by atoms with van der Waals surface area (Å²) >= 11 is 0. The molecule has 1 fully saturated rings. The fourth-order valence-corrected chi connectivity index (χ4v) is 3.61. The lowest BCUT2D eigenvalue weighted by molar-refractivity contribution is 0.0873. The van der Waals surface area contributed by atoms with Crippen molar-refractivity contribution in [1.29, 1.82) is 0 Å². The second kappa shape index (κ2) is 7.03. The number of aromatic nitrogens is 3. The molecule has 1 amide bonds. The predicted octanol–water partition coefficient (Wildman–Crippen LogP) is 1.66. The summed E-state index contributed by atoms with van der Waals surface area (Å²) in [7, 11) is 3.69. The summed E-state index contributed by atoms with van der Waals surface area (Å²) in [6, 6.07) is 5.43. The molecule has 27 heavy (non-hydrogen) atoms. The topological polar surface area (TPSA) is 96.4 Å². The Hall–Kier alpha value is -2.87. The number of fused-ring (bicyclic) bond motifs is 1. The van der Waals surface area contributed by atoms with E-state index in [4.69, 9.17) is 4.42 Å². The Balaban J connectivity index is 1.43. The number of aliphatic hydroxyl groups excluding tert-OH is 1. The van der Waals surface area contributed by atoms with Crippen LogP contribution in [0.4, 0.5) is 6.01 Å². The molecule has 1 aliphatic rings. The monoisotopic (exact) mass is 369 g/mol. The highest BCUT2D eigenvalue weighted by atomic mass is 16.4. The van der Waals surface area contributed by atoms with Crippen molar-refractivity contribution >= 4 is 23.0 Å². The molecule has 1 unspecified atom stereocenters. The highest BCUT2D eigenvalue weighted by Crippen LogP contribution is 2.28. The molecule has 0 radical (unpaired) electrons. The number of hydrogen-bond acceptors (Lipinski definition) is 6. The third kappa shape index (κ3) is 3.66. The van der Waals surface area contributed by atoms with Gasteiger partial charge < -0.3 is 24.3 Å². The number of aliphatic hydroxyl groups is 1. The van der Waals surface area contributed by atoms with Crippen LogP contribution in [0.2, 0.25) is 0 Å². The minimum atomic E-state index is -0.545. The van der Waals surface area contributed by atoms with Gasteiger partial charge in [0, 0.05) is 38.6 Å². The molecular weight excluding hydrogens is 346 g/mol. The molecule has 0 bridgehead atoms. The maximum Gasteiger partial charge on any atom is 0.297 e. The van der Waals surface area contributed by atoms with Crippen LogP contribution in [0.5, 0.6) is 0 Å². The van der Waals surface area contributed by atoms with Crippen molar-refractivity contribution in [2.24, 2.45) is 5.92 Å². The van der Waals surface area contributed by atoms with E-state index in [9.17, 15) is 9.90 Å². The molecule has 1 aromatic carbocycles. The van der Waals surface area contributed by atoms with E-state index in [0.717, 1.165) is 13.0 Å². The van der Waals surface area contributed by atoms with Crippen molar-refractivity contribution in [3.8, 4) is 0 Å². The summed E-state index contributed by atoms with van der Waals surface area (Å²) < 4.78 is 7.67. The molecule has 3 aromatic rings. The molecule has 2 N–H and O–H groups in total. The quantitative estimate of drug-likeness (QED) is 0.710. The largest absolute Gasteiger partial charge is 0.423 e. The van der Waals surface area contributed by atoms with Crippen LogP contribution in [-0.4, -0.2) is 51.8 Å². The van der Waals surface area contributed by atoms with E-state index in [1.807, 2.05) is 24.9 Å². The van der Waals surface area contributed by atoms with E-state index in [0.29, 0.717) is 35.0 Å². The number of carbonyl (C=O) groups is 1. The number of hydrogen-bond donors (Lipinski definition) is 2. The highest BCUT2D eigenvalue weighted by molar-refractivity contribution is 5.97. The normalized spacial score (nSPS) is 22.3. The number of nitrogens with one attached hydrogen (secondary N) is 1. The number of nitrogens with zero attached hydrogens (tertiary/aromatic N) is 4. The lowest BCUT2D eigenvalue weighted by Gasteiger charge is -2.16. The van der Waals surface area contributed by atoms with Crippen LogP contribution in [0, 0.1) is 5.92 Å². The number of amides is 1. The molecular formula is C19H23N5O3. The van der Waals surface area contributed by atoms with Crippen LogP contribution in [-0.2, 0) is 6.54 Å². The maximum atomic E-state index is 12.6. The van der Waals surface area contributed by atoms with Crippen molar-refractivity contribution in [3.05, 3.63) is 42.5 Å². The van der Waals surface area contributed by atoms with E-state index < -0.39 is 6.10 Å². The first-order valence-electron chi connectivity index (χ1n) is 9.02. The number of carbonyl (C=O) groups excluding carboxylic acids is 1. The SMILES string of the molecule is CN(C)c1nc2ccc(C(=O)N[C@@H]3CC(Cn4ccnc4)C[C@H]3O)cc2o1. The Morgan fingerprint density at radius 1 is 1.41 bits per heavy atom. The Labute approximate surface area is 156 Å². The van der Waals surface area contributed by atoms with Crippen LogP contribution in [0.3, 0.4) is 0 Å². The molecule has 2 aromatic heterocycles. The second-order valence-corrected chi connectivity index (χ2v) is 7.32. The zero-order chi connectivity index (χ0) is 19.0. The van der Waals surface area contributed by atoms with Gasteiger partial charge in [-0.05, 0) is 37.0 Å². The fourth-order valence-electron chi connectivity index (χ4n) is 3.61. The standard InChI is InChI=1S/C19H23N5O3/c1-23(2)19-22-14-4-3-13(9-17(14)27-19)18(26)21-15-7-12(8-16(15)25)10-24-6-5-20-11-24/h3-6,9,11-12,15-16,25H,7-8,10H2,1-2H3,(H,21,26)/t12?,15-,16-/m1/s1. The van der Waals surface area contributed by atoms with E-state index in [-0.39, 0.29) is 11.9 Å². The summed E-state index contributed by atoms with van der Waals surface area (Å²) in [4.78, 5) is 22.8. The van der Waals surface area contributed by atoms with E-state index >= 15 is 0 Å². The summed E-state index contributed by atoms with van der Waals surface area (Å²) in [6.07, 6.45) is 6.28. The number of oxazole rings is 1. The third-order valence-electron chi connectivity index (χ3n) is 4.99. The van der Waals surface area contributed by atoms with Gasteiger partial charge in [-0.3, -0.25) is 4.79 Å². The first-order chi connectivity index (χ1) is 13.0. The second-order valence-electron chi connectivity index (χ2n) is 7.32. The van der Waals surface area contributed by atoms with Crippen molar-refractivity contribution in [2.45, 2.75) is 31.5 Å². The molecule has 0 saturated heterocycles. The van der Waals surface area contributed by atoms with Crippen molar-refractivity contribution < 1.29 is 14.3 Å². The minimum Gasteiger partial charge on any atom is -0.423 e. The van der Waals surface area contributed by atoms with Crippen molar-refractivity contribution in [1.82, 2.24) is 19.9 Å². The molecule has 142 valence electrons. The molecule has 3 atom stereocenters. The van der Waals surface area contributed by atoms with Gasteiger partial charge in [-0.15, -0.1) is 0 Å². The lowest BCUT2D eigenvalue weighted by atomic mass is 10.1. The van der Waals surface area contributed by atoms with Gasteiger partial charge in [-0.1, -0.05) is 0 Å². The van der Waals surface area contributed by atoms with E-state index in [1.54, 1.807) is 35.6 Å². The first-order valence-corrected chi connectivity index (χ1v) is 9.02. The van der Waals surface area contributed by atoms with Crippen molar-refractivity contribution in [2.75, 3.05) is 19.0 Å². The van der Waals surface area contributed by atoms with Crippen LogP contribution < -0.4 is 10.2 Å². The lowest BCUT2D eigenvalue weighted by Crippen LogP contribution is -2.39. The molecule has 1 aliphatic carbocycles. The van der Waals surface area contributed by atoms with Gasteiger partial charge in [0.05, 0.1) is 18.5 Å². The maximum absolute atomic E-state index is 12.6. The van der Waals surface area contributed by atoms with Gasteiger partial charge in [-0.25, -0.2) is 4.98 Å². The number of rotatable bonds is 5. The first kappa shape index (κ1) is 17.5. The number of benzene rings is 1. The Morgan fingerprint density at radius 3 is 3.00 bits per heavy atom. The van der Waals surface area contributed by atoms with Crippen LogP contribution in [0.1, 0.15) is 23.2 Å². The number of anilines is 1. The van der Waals surface area contributed by atoms with Crippen LogP contribution in [0.15, 0.2) is 41.3 Å². The summed E-state index contributed by atoms with van der Waals surface area (Å²) in [5.74, 6) is 0.0888. The zero-order valence-corrected chi connectivity index (χ0v) is 15.4. The summed E-state index contributed by atoms with van der Waals surface area (Å²) in [5, 5.41) is 13.3. The molecule has 0 spiro atoms. The van der Waals surface area contributed by atoms with Gasteiger partial charge in [0.15, 0.2) is 5.58 Å². The highest BCUT2D eigenvalue weighted by Gasteiger charge is 2.34. The molecule has 1 saturated carbocycles. The van der Waals surface area contributed by atoms with Crippen LogP contribution >= 0.6 is 0 Å². The van der Waals surface area contributed by atoms with Gasteiger partial charge in [0.2, 0.25) is 0 Å². The molecule has 2 heterocycles. The van der Waals surface area contributed by atoms with E-state index in [1.165, 1.54) is 0 Å². The summed E-state index contributed by atoms with van der Waals surface area (Å²) in [6.45, 7) is 0.792. The smallest absolute Gasteiger partial charge is 0.297 e. The zero-order valence-electron chi connectivity index (χ0n) is 15.4. The molecule has 4 rings (SSSR count). The number of imidazole rings is 1.